The zero-order valence-corrected chi connectivity index (χ0v) is 29.8. The minimum absolute atomic E-state index is 0.0223. The van der Waals surface area contributed by atoms with Gasteiger partial charge in [-0.15, -0.1) is 0 Å². The number of aliphatic imine (C=N–C) groups is 2. The van der Waals surface area contributed by atoms with Crippen molar-refractivity contribution in [3.05, 3.63) is 99.8 Å². The number of quaternary nitrogens is 1. The Hall–Kier alpha value is -5.99. The minimum atomic E-state index is -1.87. The molecule has 5 aliphatic rings. The Labute approximate surface area is 322 Å². The summed E-state index contributed by atoms with van der Waals surface area (Å²) in [6.07, 6.45) is -6.56. The molecule has 8 N–H and O–H groups in total. The summed E-state index contributed by atoms with van der Waals surface area (Å²) in [6, 6.07) is 12.7. The number of ether oxygens (including phenoxy) is 4. The molecule has 0 aromatic heterocycles. The molecule has 8 rings (SSSR count). The lowest BCUT2D eigenvalue weighted by Gasteiger charge is -2.40. The van der Waals surface area contributed by atoms with E-state index >= 15 is 0 Å². The monoisotopic (exact) mass is 782 g/mol. The maximum Gasteiger partial charge on any atom is 0.284 e. The molecule has 2 bridgehead atoms. The molecule has 3 aromatic carbocycles. The van der Waals surface area contributed by atoms with Gasteiger partial charge in [0.2, 0.25) is 18.0 Å². The molecule has 4 aliphatic heterocycles. The molecule has 0 spiro atoms. The van der Waals surface area contributed by atoms with Crippen LogP contribution in [0.4, 0.5) is 5.69 Å². The van der Waals surface area contributed by atoms with E-state index in [1.807, 2.05) is 0 Å². The lowest BCUT2D eigenvalue weighted by Crippen LogP contribution is -3.09. The van der Waals surface area contributed by atoms with Crippen molar-refractivity contribution in [2.45, 2.75) is 55.8 Å². The number of carbonyl (C=O) groups is 4. The molecule has 1 fully saturated rings. The van der Waals surface area contributed by atoms with Crippen LogP contribution in [0, 0.1) is 5.41 Å². The van der Waals surface area contributed by atoms with Crippen LogP contribution >= 0.6 is 0 Å². The molecule has 4 heterocycles. The van der Waals surface area contributed by atoms with Crippen molar-refractivity contribution in [2.24, 2.45) is 9.98 Å². The summed E-state index contributed by atoms with van der Waals surface area (Å²) >= 11 is 0. The number of benzene rings is 3. The molecule has 18 heteroatoms. The van der Waals surface area contributed by atoms with E-state index in [0.717, 1.165) is 0 Å². The molecule has 1 unspecified atom stereocenters. The van der Waals surface area contributed by atoms with E-state index in [9.17, 15) is 44.7 Å². The number of hydrogen-bond acceptors (Lipinski definition) is 15. The van der Waals surface area contributed by atoms with Crippen molar-refractivity contribution in [3.63, 3.8) is 0 Å². The van der Waals surface area contributed by atoms with Crippen molar-refractivity contribution in [1.82, 2.24) is 5.32 Å². The van der Waals surface area contributed by atoms with Gasteiger partial charge in [0.1, 0.15) is 49.6 Å². The first-order chi connectivity index (χ1) is 27.5. The van der Waals surface area contributed by atoms with Crippen molar-refractivity contribution in [2.75, 3.05) is 19.9 Å². The number of aliphatic hydroxyl groups excluding tert-OH is 5. The van der Waals surface area contributed by atoms with E-state index in [-0.39, 0.29) is 76.5 Å². The van der Waals surface area contributed by atoms with Crippen LogP contribution in [0.25, 0.3) is 0 Å². The first-order valence-corrected chi connectivity index (χ1v) is 17.9. The fourth-order valence-electron chi connectivity index (χ4n) is 7.51. The molecule has 294 valence electrons. The Balaban J connectivity index is 1.38. The third-order valence-electron chi connectivity index (χ3n) is 10.3. The van der Waals surface area contributed by atoms with Crippen LogP contribution in [0.3, 0.4) is 0 Å². The van der Waals surface area contributed by atoms with Crippen LogP contribution in [0.1, 0.15) is 60.9 Å². The zero-order chi connectivity index (χ0) is 40.1. The van der Waals surface area contributed by atoms with Crippen molar-refractivity contribution < 1.29 is 68.6 Å². The number of aliphatic hydroxyl groups is 5. The van der Waals surface area contributed by atoms with Crippen molar-refractivity contribution in [1.29, 1.82) is 5.41 Å². The molecular weight excluding hydrogens is 746 g/mol. The molecule has 1 saturated heterocycles. The highest BCUT2D eigenvalue weighted by Crippen LogP contribution is 2.48. The second-order valence-electron chi connectivity index (χ2n) is 13.9. The number of carbonyl (C=O) groups excluding carboxylic acids is 4. The summed E-state index contributed by atoms with van der Waals surface area (Å²) in [5.74, 6) is -3.68. The van der Waals surface area contributed by atoms with Crippen LogP contribution in [-0.2, 0) is 25.7 Å². The van der Waals surface area contributed by atoms with Crippen LogP contribution in [0.2, 0.25) is 0 Å². The van der Waals surface area contributed by atoms with Gasteiger partial charge < -0.3 is 49.3 Å². The Kier molecular flexibility index (Phi) is 10.1. The average molecular weight is 783 g/mol. The SMILES string of the molecule is N=C1N=C2C(=NC[NH+]2c2ccccc2[C@@H]2/C=C\OC[C@@H]3O[C@H](Oc4c2cc2c(c4OC[C@H](O)CC=O)C(=O)c4cc(CO)ccc4C2=O)[C@@H](O)[C@H](O)[C@H]3O)C(=O)N1. The molecule has 0 saturated carbocycles. The molecule has 18 nitrogen and oxygen atoms in total. The third-order valence-corrected chi connectivity index (χ3v) is 10.3. The number of nitrogens with zero attached hydrogens (tertiary/aromatic N) is 2. The third kappa shape index (κ3) is 6.61. The van der Waals surface area contributed by atoms with Gasteiger partial charge in [0.05, 0.1) is 24.5 Å². The highest BCUT2D eigenvalue weighted by atomic mass is 16.7. The van der Waals surface area contributed by atoms with Gasteiger partial charge in [-0.3, -0.25) is 25.1 Å². The molecule has 8 atom stereocenters. The van der Waals surface area contributed by atoms with E-state index in [0.29, 0.717) is 28.0 Å². The number of amides is 1. The van der Waals surface area contributed by atoms with Crippen LogP contribution in [0.15, 0.2) is 70.9 Å². The summed E-state index contributed by atoms with van der Waals surface area (Å²) < 4.78 is 24.3. The summed E-state index contributed by atoms with van der Waals surface area (Å²) in [5.41, 5.74) is 1.15. The first-order valence-electron chi connectivity index (χ1n) is 17.9. The number of guanidine groups is 1. The number of rotatable bonds is 8. The second-order valence-corrected chi connectivity index (χ2v) is 13.9. The Morgan fingerprint density at radius 1 is 1.00 bits per heavy atom. The quantitative estimate of drug-likeness (QED) is 0.0951. The van der Waals surface area contributed by atoms with E-state index in [4.69, 9.17) is 24.4 Å². The van der Waals surface area contributed by atoms with Gasteiger partial charge in [0.25, 0.3) is 11.7 Å². The van der Waals surface area contributed by atoms with E-state index < -0.39 is 73.4 Å². The highest BCUT2D eigenvalue weighted by molar-refractivity contribution is 6.68. The standard InChI is InChI=1S/C39H35N5O13/c40-39-42-36-28(37(53)43-39)41-16-44(36)25-4-2-1-3-20(25)19-8-10-54-15-26-31(50)32(51)33(52)38(56-26)57-34-23(19)12-24-27(35(34)55-14-18(47)7-9-45)30(49)22-11-17(13-46)5-6-21(22)29(24)48/h1-6,8-12,18-19,26,31-33,38,46-47,50-52H,7,13-16H2,(H2,40,43,53)/p+1/b10-8-/t18-,19+,26+,31+,32-,33+,38-/m1/s1. The van der Waals surface area contributed by atoms with E-state index in [2.05, 4.69) is 15.3 Å². The second kappa shape index (κ2) is 15.2. The van der Waals surface area contributed by atoms with Gasteiger partial charge in [0.15, 0.2) is 29.7 Å². The number of nitrogens with one attached hydrogen (secondary N) is 3. The summed E-state index contributed by atoms with van der Waals surface area (Å²) in [5, 5.41) is 63.8. The Morgan fingerprint density at radius 3 is 2.60 bits per heavy atom. The zero-order valence-electron chi connectivity index (χ0n) is 29.8. The highest BCUT2D eigenvalue weighted by Gasteiger charge is 2.48. The Bertz CT molecular complexity index is 2310. The minimum Gasteiger partial charge on any atom is -0.499 e. The first kappa shape index (κ1) is 37.9. The molecule has 0 radical (unpaired) electrons. The number of hydrogen-bond donors (Lipinski definition) is 8. The van der Waals surface area contributed by atoms with E-state index in [1.165, 1.54) is 30.5 Å². The number of ketones is 2. The molecule has 1 aliphatic carbocycles. The predicted octanol–water partition coefficient (Wildman–Crippen LogP) is -1.46. The van der Waals surface area contributed by atoms with Gasteiger partial charge in [-0.05, 0) is 35.9 Å². The molecule has 1 amide bonds. The summed E-state index contributed by atoms with van der Waals surface area (Å²) in [6.45, 7) is -1.29. The fraction of sp³-hybridized carbons (Fsp3) is 0.308. The molecule has 57 heavy (non-hydrogen) atoms. The molecule has 3 aromatic rings. The van der Waals surface area contributed by atoms with Gasteiger partial charge in [0, 0.05) is 40.2 Å². The van der Waals surface area contributed by atoms with Gasteiger partial charge >= 0.3 is 0 Å². The number of para-hydroxylation sites is 1. The van der Waals surface area contributed by atoms with Gasteiger partial charge in [-0.25, -0.2) is 9.89 Å². The summed E-state index contributed by atoms with van der Waals surface area (Å²) in [7, 11) is 0. The lowest BCUT2D eigenvalue weighted by molar-refractivity contribution is -0.723. The maximum absolute atomic E-state index is 14.5. The van der Waals surface area contributed by atoms with Crippen LogP contribution in [0.5, 0.6) is 11.5 Å². The van der Waals surface area contributed by atoms with Crippen molar-refractivity contribution >= 4 is 47.0 Å². The summed E-state index contributed by atoms with van der Waals surface area (Å²) in [4.78, 5) is 62.2. The topological polar surface area (TPSA) is 271 Å². The van der Waals surface area contributed by atoms with Crippen LogP contribution in [-0.4, -0.2) is 123 Å². The fourth-order valence-corrected chi connectivity index (χ4v) is 7.51. The number of aldehydes is 1. The maximum atomic E-state index is 14.5. The van der Waals surface area contributed by atoms with Crippen molar-refractivity contribution in [3.8, 4) is 11.5 Å². The molecular formula is C39H36N5O13+. The predicted molar refractivity (Wildman–Crippen MR) is 195 cm³/mol. The Morgan fingerprint density at radius 2 is 1.81 bits per heavy atom. The smallest absolute Gasteiger partial charge is 0.284 e. The number of fused-ring (bicyclic) bond motifs is 6. The lowest BCUT2D eigenvalue weighted by atomic mass is 9.79. The largest absolute Gasteiger partial charge is 0.499 e. The number of amidine groups is 1. The van der Waals surface area contributed by atoms with Gasteiger partial charge in [-0.1, -0.05) is 24.3 Å². The van der Waals surface area contributed by atoms with E-state index in [1.54, 1.807) is 30.3 Å². The number of allylic oxidation sites excluding steroid dienone is 1. The van der Waals surface area contributed by atoms with Crippen LogP contribution < -0.4 is 19.7 Å². The average Bonchev–Trinajstić information content (AvgIpc) is 3.62. The normalized spacial score (nSPS) is 27.4. The van der Waals surface area contributed by atoms with Gasteiger partial charge in [-0.2, -0.15) is 4.99 Å².